The molecule has 0 spiro atoms. The topological polar surface area (TPSA) is 83.4 Å². The van der Waals surface area contributed by atoms with Crippen LogP contribution in [0.15, 0.2) is 29.3 Å². The molecule has 7 heteroatoms. The fourth-order valence-electron chi connectivity index (χ4n) is 4.18. The Kier molecular flexibility index (Phi) is 6.06. The van der Waals surface area contributed by atoms with Crippen molar-refractivity contribution in [2.45, 2.75) is 52.5 Å². The van der Waals surface area contributed by atoms with E-state index in [-0.39, 0.29) is 42.2 Å². The lowest BCUT2D eigenvalue weighted by Crippen LogP contribution is -2.54. The number of carbonyl (C=O) groups excluding carboxylic acids is 2. The number of aromatic nitrogens is 1. The Morgan fingerprint density at radius 1 is 1.25 bits per heavy atom. The summed E-state index contributed by atoms with van der Waals surface area (Å²) in [6.45, 7) is 10.7. The summed E-state index contributed by atoms with van der Waals surface area (Å²) in [7, 11) is 1.71. The van der Waals surface area contributed by atoms with E-state index in [0.29, 0.717) is 31.8 Å². The third-order valence-corrected chi connectivity index (χ3v) is 5.91. The highest BCUT2D eigenvalue weighted by Gasteiger charge is 2.47. The molecule has 0 aromatic carbocycles. The molecule has 2 saturated heterocycles. The Bertz CT molecular complexity index is 850. The van der Waals surface area contributed by atoms with Crippen LogP contribution in [-0.2, 0) is 11.8 Å². The fraction of sp³-hybridized carbons (Fsp3) is 0.571. The number of likely N-dealkylation sites (tertiary alicyclic amines) is 1. The molecule has 1 unspecified atom stereocenters. The van der Waals surface area contributed by atoms with Gasteiger partial charge in [-0.1, -0.05) is 27.9 Å². The van der Waals surface area contributed by atoms with Gasteiger partial charge < -0.3 is 20.1 Å². The van der Waals surface area contributed by atoms with Crippen LogP contribution >= 0.6 is 0 Å². The van der Waals surface area contributed by atoms with Gasteiger partial charge in [0.25, 0.3) is 17.4 Å². The zero-order valence-corrected chi connectivity index (χ0v) is 16.5. The molecule has 154 valence electrons. The normalized spacial score (nSPS) is 22.7. The number of nitrogens with zero attached hydrogens (tertiary/aromatic N) is 2. The van der Waals surface area contributed by atoms with E-state index in [4.69, 9.17) is 0 Å². The number of piperidine rings is 1. The van der Waals surface area contributed by atoms with Gasteiger partial charge in [-0.15, -0.1) is 0 Å². The first-order chi connectivity index (χ1) is 12.6. The zero-order valence-electron chi connectivity index (χ0n) is 16.5. The first-order valence-electron chi connectivity index (χ1n) is 9.43. The number of nitrogens with one attached hydrogen (secondary N) is 2. The van der Waals surface area contributed by atoms with E-state index in [2.05, 4.69) is 17.2 Å². The smallest absolute Gasteiger partial charge is 0.263 e. The number of rotatable bonds is 3. The van der Waals surface area contributed by atoms with Crippen molar-refractivity contribution in [1.29, 1.82) is 0 Å². The van der Waals surface area contributed by atoms with Gasteiger partial charge in [0.2, 0.25) is 0 Å². The van der Waals surface area contributed by atoms with E-state index >= 15 is 0 Å². The zero-order chi connectivity index (χ0) is 19.9. The molecule has 28 heavy (non-hydrogen) atoms. The average Bonchev–Trinajstić information content (AvgIpc) is 2.89. The predicted molar refractivity (Wildman–Crippen MR) is 110 cm³/mol. The lowest BCUT2D eigenvalue weighted by molar-refractivity contribution is -0.125. The minimum Gasteiger partial charge on any atom is -0.358 e. The Balaban J connectivity index is 0.00000280. The van der Waals surface area contributed by atoms with Gasteiger partial charge in [-0.05, 0) is 43.7 Å². The highest BCUT2D eigenvalue weighted by molar-refractivity contribution is 5.94. The van der Waals surface area contributed by atoms with Crippen molar-refractivity contribution < 1.29 is 9.59 Å². The maximum atomic E-state index is 12.9. The van der Waals surface area contributed by atoms with Crippen LogP contribution in [0.25, 0.3) is 0 Å². The van der Waals surface area contributed by atoms with Crippen LogP contribution < -0.4 is 16.2 Å². The molecule has 0 aliphatic carbocycles. The monoisotopic (exact) mass is 388 g/mol. The van der Waals surface area contributed by atoms with Crippen LogP contribution in [-0.4, -0.2) is 39.9 Å². The van der Waals surface area contributed by atoms with Crippen molar-refractivity contribution in [3.05, 3.63) is 46.1 Å². The van der Waals surface area contributed by atoms with Crippen LogP contribution in [0.4, 0.5) is 0 Å². The largest absolute Gasteiger partial charge is 0.358 e. The first-order valence-corrected chi connectivity index (χ1v) is 9.43. The highest BCUT2D eigenvalue weighted by atomic mass is 16.2. The van der Waals surface area contributed by atoms with Gasteiger partial charge >= 0.3 is 0 Å². The molecule has 2 aliphatic rings. The highest BCUT2D eigenvalue weighted by Crippen LogP contribution is 2.32. The second kappa shape index (κ2) is 7.81. The second-order valence-corrected chi connectivity index (χ2v) is 8.02. The molecule has 0 bridgehead atoms. The van der Waals surface area contributed by atoms with Crippen LogP contribution in [0.3, 0.4) is 0 Å². The van der Waals surface area contributed by atoms with Gasteiger partial charge in [-0.2, -0.15) is 0 Å². The molecule has 1 aromatic heterocycles. The van der Waals surface area contributed by atoms with Crippen molar-refractivity contribution in [3.8, 4) is 0 Å². The lowest BCUT2D eigenvalue weighted by Gasteiger charge is -2.39. The summed E-state index contributed by atoms with van der Waals surface area (Å²) in [6.07, 6.45) is 1.39. The maximum Gasteiger partial charge on any atom is 0.263 e. The Morgan fingerprint density at radius 2 is 1.86 bits per heavy atom. The Labute approximate surface area is 166 Å². The molecule has 0 radical (unpaired) electrons. The molecule has 1 aromatic rings. The van der Waals surface area contributed by atoms with Crippen LogP contribution in [0.2, 0.25) is 0 Å². The van der Waals surface area contributed by atoms with Crippen molar-refractivity contribution in [2.75, 3.05) is 13.1 Å². The molecule has 7 nitrogen and oxygen atoms in total. The molecule has 2 aliphatic heterocycles. The van der Waals surface area contributed by atoms with Crippen molar-refractivity contribution in [1.82, 2.24) is 20.1 Å². The Hall–Kier alpha value is -2.57. The fourth-order valence-corrected chi connectivity index (χ4v) is 4.18. The van der Waals surface area contributed by atoms with E-state index in [1.807, 2.05) is 26.8 Å². The van der Waals surface area contributed by atoms with E-state index in [0.717, 1.165) is 5.69 Å². The number of hydrogen-bond donors (Lipinski definition) is 2. The van der Waals surface area contributed by atoms with Crippen molar-refractivity contribution in [3.63, 3.8) is 0 Å². The summed E-state index contributed by atoms with van der Waals surface area (Å²) >= 11 is 0. The van der Waals surface area contributed by atoms with Gasteiger partial charge in [0.1, 0.15) is 11.1 Å². The van der Waals surface area contributed by atoms with Gasteiger partial charge in [-0.25, -0.2) is 0 Å². The summed E-state index contributed by atoms with van der Waals surface area (Å²) in [4.78, 5) is 39.5. The minimum absolute atomic E-state index is 0. The maximum absolute atomic E-state index is 12.9. The molecule has 2 fully saturated rings. The lowest BCUT2D eigenvalue weighted by atomic mass is 9.79. The van der Waals surface area contributed by atoms with Crippen LogP contribution in [0, 0.1) is 5.92 Å². The van der Waals surface area contributed by atoms with Gasteiger partial charge in [-0.3, -0.25) is 14.4 Å². The minimum atomic E-state index is -0.693. The SMILES string of the molecule is C.C=C1NC(=O)C(C)(C2CCN(C(=O)c3ccc(C(C)C)n(C)c3=O)CC2)N1. The Morgan fingerprint density at radius 3 is 2.36 bits per heavy atom. The molecule has 2 N–H and O–H groups in total. The summed E-state index contributed by atoms with van der Waals surface area (Å²) in [5.41, 5.74) is 0.160. The van der Waals surface area contributed by atoms with E-state index in [9.17, 15) is 14.4 Å². The third kappa shape index (κ3) is 3.57. The standard InChI is InChI=1S/C20H28N4O3.CH4/c1-12(2)16-7-6-15(17(25)23(16)5)18(26)24-10-8-14(9-11-24)20(4)19(27)21-13(3)22-20;/h6-7,12,14,22H,3,8-11H2,1-2,4-5H3,(H,21,27);1H4. The van der Waals surface area contributed by atoms with Gasteiger partial charge in [0, 0.05) is 25.8 Å². The van der Waals surface area contributed by atoms with E-state index in [1.165, 1.54) is 0 Å². The molecule has 1 atom stereocenters. The number of hydrogen-bond acceptors (Lipinski definition) is 4. The van der Waals surface area contributed by atoms with Gasteiger partial charge in [0.05, 0.1) is 5.82 Å². The number of carbonyl (C=O) groups is 2. The average molecular weight is 389 g/mol. The molecular formula is C21H32N4O3. The van der Waals surface area contributed by atoms with Gasteiger partial charge in [0.15, 0.2) is 0 Å². The number of amides is 2. The van der Waals surface area contributed by atoms with Crippen LogP contribution in [0.5, 0.6) is 0 Å². The molecule has 2 amide bonds. The summed E-state index contributed by atoms with van der Waals surface area (Å²) in [6, 6.07) is 3.49. The van der Waals surface area contributed by atoms with E-state index < -0.39 is 5.54 Å². The quantitative estimate of drug-likeness (QED) is 0.829. The van der Waals surface area contributed by atoms with Crippen molar-refractivity contribution >= 4 is 11.8 Å². The predicted octanol–water partition coefficient (Wildman–Crippen LogP) is 1.95. The molecule has 0 saturated carbocycles. The van der Waals surface area contributed by atoms with Crippen LogP contribution in [0.1, 0.15) is 63.0 Å². The molecule has 3 heterocycles. The molecule has 3 rings (SSSR count). The summed E-state index contributed by atoms with van der Waals surface area (Å²) in [5, 5.41) is 5.87. The van der Waals surface area contributed by atoms with Crippen molar-refractivity contribution in [2.24, 2.45) is 13.0 Å². The summed E-state index contributed by atoms with van der Waals surface area (Å²) in [5.74, 6) is 0.531. The third-order valence-electron chi connectivity index (χ3n) is 5.91. The number of pyridine rings is 1. The van der Waals surface area contributed by atoms with E-state index in [1.54, 1.807) is 22.6 Å². The summed E-state index contributed by atoms with van der Waals surface area (Å²) < 4.78 is 1.56. The second-order valence-electron chi connectivity index (χ2n) is 8.02. The first kappa shape index (κ1) is 21.7. The molecular weight excluding hydrogens is 356 g/mol.